The van der Waals surface area contributed by atoms with E-state index in [2.05, 4.69) is 15.5 Å². The molecular weight excluding hydrogens is 198 g/mol. The van der Waals surface area contributed by atoms with Crippen LogP contribution in [0.4, 0.5) is 0 Å². The van der Waals surface area contributed by atoms with Crippen molar-refractivity contribution < 1.29 is 5.21 Å². The first-order chi connectivity index (χ1) is 6.90. The summed E-state index contributed by atoms with van der Waals surface area (Å²) in [7, 11) is 0. The lowest BCUT2D eigenvalue weighted by Crippen LogP contribution is -2.26. The van der Waals surface area contributed by atoms with Crippen LogP contribution in [0.2, 0.25) is 0 Å². The Morgan fingerprint density at radius 1 is 1.57 bits per heavy atom. The van der Waals surface area contributed by atoms with Gasteiger partial charge in [-0.2, -0.15) is 0 Å². The molecule has 0 aromatic carbocycles. The minimum Gasteiger partial charge on any atom is -0.411 e. The zero-order valence-corrected chi connectivity index (χ0v) is 8.63. The average molecular weight is 211 g/mol. The van der Waals surface area contributed by atoms with Crippen molar-refractivity contribution in [2.45, 2.75) is 18.8 Å². The Morgan fingerprint density at radius 2 is 2.36 bits per heavy atom. The summed E-state index contributed by atoms with van der Waals surface area (Å²) in [5.41, 5.74) is 0.756. The van der Waals surface area contributed by atoms with Crippen LogP contribution in [0, 0.1) is 0 Å². The van der Waals surface area contributed by atoms with Crippen LogP contribution < -0.4 is 5.32 Å². The summed E-state index contributed by atoms with van der Waals surface area (Å²) in [5.74, 6) is 0.585. The maximum absolute atomic E-state index is 8.36. The highest BCUT2D eigenvalue weighted by Gasteiger charge is 2.17. The van der Waals surface area contributed by atoms with E-state index in [0.29, 0.717) is 5.92 Å². The molecule has 76 valence electrons. The van der Waals surface area contributed by atoms with E-state index in [1.807, 2.05) is 5.38 Å². The van der Waals surface area contributed by atoms with E-state index in [9.17, 15) is 0 Å². The number of piperidine rings is 1. The molecular formula is C9H13N3OS. The predicted octanol–water partition coefficient (Wildman–Crippen LogP) is 1.42. The number of aromatic nitrogens is 1. The third-order valence-electron chi connectivity index (χ3n) is 2.42. The van der Waals surface area contributed by atoms with Crippen molar-refractivity contribution >= 4 is 17.6 Å². The van der Waals surface area contributed by atoms with Gasteiger partial charge in [0, 0.05) is 11.3 Å². The zero-order chi connectivity index (χ0) is 9.80. The molecule has 5 heteroatoms. The summed E-state index contributed by atoms with van der Waals surface area (Å²) >= 11 is 1.65. The Balaban J connectivity index is 2.07. The van der Waals surface area contributed by atoms with Crippen LogP contribution in [0.25, 0.3) is 0 Å². The van der Waals surface area contributed by atoms with E-state index < -0.39 is 0 Å². The van der Waals surface area contributed by atoms with Gasteiger partial charge in [-0.15, -0.1) is 11.3 Å². The van der Waals surface area contributed by atoms with Crippen LogP contribution in [-0.4, -0.2) is 29.5 Å². The first kappa shape index (κ1) is 9.61. The lowest BCUT2D eigenvalue weighted by Gasteiger charge is -2.20. The summed E-state index contributed by atoms with van der Waals surface area (Å²) in [6.45, 7) is 2.15. The van der Waals surface area contributed by atoms with E-state index in [4.69, 9.17) is 5.21 Å². The Kier molecular flexibility index (Phi) is 3.10. The number of oxime groups is 1. The van der Waals surface area contributed by atoms with Gasteiger partial charge in [0.2, 0.25) is 0 Å². The van der Waals surface area contributed by atoms with E-state index >= 15 is 0 Å². The monoisotopic (exact) mass is 211 g/mol. The third-order valence-corrected chi connectivity index (χ3v) is 3.44. The molecule has 1 aliphatic rings. The first-order valence-corrected chi connectivity index (χ1v) is 5.61. The second kappa shape index (κ2) is 4.52. The average Bonchev–Trinajstić information content (AvgIpc) is 2.68. The SMILES string of the molecule is O/N=C/c1csc(C2CCNCC2)n1. The van der Waals surface area contributed by atoms with Crippen molar-refractivity contribution in [3.63, 3.8) is 0 Å². The molecule has 4 nitrogen and oxygen atoms in total. The standard InChI is InChI=1S/C9H13N3OS/c13-11-5-8-6-14-9(12-8)7-1-3-10-4-2-7/h5-7,10,13H,1-4H2/b11-5+. The van der Waals surface area contributed by atoms with Crippen LogP contribution in [0.5, 0.6) is 0 Å². The van der Waals surface area contributed by atoms with Crippen molar-refractivity contribution in [2.24, 2.45) is 5.16 Å². The van der Waals surface area contributed by atoms with Crippen molar-refractivity contribution in [1.82, 2.24) is 10.3 Å². The van der Waals surface area contributed by atoms with Gasteiger partial charge in [0.25, 0.3) is 0 Å². The van der Waals surface area contributed by atoms with Gasteiger partial charge >= 0.3 is 0 Å². The Bertz CT molecular complexity index is 318. The molecule has 0 spiro atoms. The maximum atomic E-state index is 8.36. The molecule has 0 radical (unpaired) electrons. The first-order valence-electron chi connectivity index (χ1n) is 4.73. The van der Waals surface area contributed by atoms with Crippen LogP contribution in [-0.2, 0) is 0 Å². The number of nitrogens with zero attached hydrogens (tertiary/aromatic N) is 2. The minimum absolute atomic E-state index is 0.585. The molecule has 2 heterocycles. The summed E-state index contributed by atoms with van der Waals surface area (Å²) in [6.07, 6.45) is 3.69. The fourth-order valence-electron chi connectivity index (χ4n) is 1.68. The van der Waals surface area contributed by atoms with Crippen molar-refractivity contribution in [2.75, 3.05) is 13.1 Å². The molecule has 2 N–H and O–H groups in total. The van der Waals surface area contributed by atoms with Crippen LogP contribution >= 0.6 is 11.3 Å². The molecule has 0 unspecified atom stereocenters. The lowest BCUT2D eigenvalue weighted by molar-refractivity contribution is 0.321. The third kappa shape index (κ3) is 2.10. The van der Waals surface area contributed by atoms with Crippen LogP contribution in [0.3, 0.4) is 0 Å². The molecule has 1 saturated heterocycles. The van der Waals surface area contributed by atoms with Crippen molar-refractivity contribution in [3.8, 4) is 0 Å². The van der Waals surface area contributed by atoms with Gasteiger partial charge in [0.15, 0.2) is 0 Å². The molecule has 0 saturated carbocycles. The van der Waals surface area contributed by atoms with Crippen molar-refractivity contribution in [3.05, 3.63) is 16.1 Å². The second-order valence-electron chi connectivity index (χ2n) is 3.38. The molecule has 2 rings (SSSR count). The van der Waals surface area contributed by atoms with E-state index in [-0.39, 0.29) is 0 Å². The quantitative estimate of drug-likeness (QED) is 0.442. The van der Waals surface area contributed by atoms with Crippen LogP contribution in [0.15, 0.2) is 10.5 Å². The lowest BCUT2D eigenvalue weighted by atomic mass is 9.99. The molecule has 0 amide bonds. The van der Waals surface area contributed by atoms with E-state index in [0.717, 1.165) is 31.6 Å². The summed E-state index contributed by atoms with van der Waals surface area (Å²) in [6, 6.07) is 0. The smallest absolute Gasteiger partial charge is 0.0965 e. The van der Waals surface area contributed by atoms with Gasteiger partial charge in [-0.3, -0.25) is 0 Å². The Hall–Kier alpha value is -0.940. The minimum atomic E-state index is 0.585. The highest BCUT2D eigenvalue weighted by atomic mass is 32.1. The van der Waals surface area contributed by atoms with Gasteiger partial charge in [-0.25, -0.2) is 4.98 Å². The Morgan fingerprint density at radius 3 is 3.07 bits per heavy atom. The molecule has 1 aromatic heterocycles. The van der Waals surface area contributed by atoms with Gasteiger partial charge in [0.1, 0.15) is 0 Å². The molecule has 1 aromatic rings. The largest absolute Gasteiger partial charge is 0.411 e. The second-order valence-corrected chi connectivity index (χ2v) is 4.27. The fourth-order valence-corrected chi connectivity index (χ4v) is 2.62. The number of hydrogen-bond acceptors (Lipinski definition) is 5. The topological polar surface area (TPSA) is 57.5 Å². The van der Waals surface area contributed by atoms with E-state index in [1.165, 1.54) is 11.2 Å². The number of nitrogens with one attached hydrogen (secondary N) is 1. The molecule has 1 aliphatic heterocycles. The highest BCUT2D eigenvalue weighted by molar-refractivity contribution is 7.09. The van der Waals surface area contributed by atoms with E-state index in [1.54, 1.807) is 11.3 Å². The molecule has 0 aliphatic carbocycles. The number of rotatable bonds is 2. The molecule has 0 bridgehead atoms. The highest BCUT2D eigenvalue weighted by Crippen LogP contribution is 2.27. The normalized spacial score (nSPS) is 19.1. The summed E-state index contributed by atoms with van der Waals surface area (Å²) in [4.78, 5) is 4.41. The van der Waals surface area contributed by atoms with Gasteiger partial charge in [-0.1, -0.05) is 5.16 Å². The van der Waals surface area contributed by atoms with Crippen molar-refractivity contribution in [1.29, 1.82) is 0 Å². The summed E-state index contributed by atoms with van der Waals surface area (Å²) in [5, 5.41) is 17.8. The van der Waals surface area contributed by atoms with Gasteiger partial charge in [-0.05, 0) is 25.9 Å². The zero-order valence-electron chi connectivity index (χ0n) is 7.81. The molecule has 14 heavy (non-hydrogen) atoms. The maximum Gasteiger partial charge on any atom is 0.0965 e. The fraction of sp³-hybridized carbons (Fsp3) is 0.556. The molecule has 0 atom stereocenters. The number of thiazole rings is 1. The summed E-state index contributed by atoms with van der Waals surface area (Å²) < 4.78 is 0. The Labute approximate surface area is 86.7 Å². The predicted molar refractivity (Wildman–Crippen MR) is 56.3 cm³/mol. The van der Waals surface area contributed by atoms with Gasteiger partial charge in [0.05, 0.1) is 16.9 Å². The van der Waals surface area contributed by atoms with Crippen LogP contribution in [0.1, 0.15) is 29.5 Å². The van der Waals surface area contributed by atoms with Gasteiger partial charge < -0.3 is 10.5 Å². The number of hydrogen-bond donors (Lipinski definition) is 2. The molecule has 1 fully saturated rings.